The van der Waals surface area contributed by atoms with Gasteiger partial charge >= 0.3 is 6.03 Å². The van der Waals surface area contributed by atoms with Gasteiger partial charge in [0.2, 0.25) is 5.91 Å². The number of nitrogens with one attached hydrogen (secondary N) is 3. The van der Waals surface area contributed by atoms with Gasteiger partial charge in [-0.25, -0.2) is 15.2 Å². The van der Waals surface area contributed by atoms with Crippen molar-refractivity contribution in [2.24, 2.45) is 11.8 Å². The summed E-state index contributed by atoms with van der Waals surface area (Å²) in [6.45, 7) is 3.68. The Kier molecular flexibility index (Phi) is 6.96. The fourth-order valence-electron chi connectivity index (χ4n) is 7.16. The quantitative estimate of drug-likeness (QED) is 0.546. The number of fused-ring (bicyclic) bond motifs is 2. The van der Waals surface area contributed by atoms with Gasteiger partial charge in [0.1, 0.15) is 6.17 Å². The van der Waals surface area contributed by atoms with Gasteiger partial charge in [0.25, 0.3) is 0 Å². The number of rotatable bonds is 3. The number of carbonyl (C=O) groups is 2. The Labute approximate surface area is 219 Å². The maximum Gasteiger partial charge on any atom is 0.320 e. The molecule has 3 saturated heterocycles. The Morgan fingerprint density at radius 2 is 1.73 bits per heavy atom. The van der Waals surface area contributed by atoms with E-state index in [2.05, 4.69) is 45.3 Å². The first-order chi connectivity index (χ1) is 18.1. The number of hydrogen-bond donors (Lipinski definition) is 3. The summed E-state index contributed by atoms with van der Waals surface area (Å²) in [5.41, 5.74) is 6.97. The standard InChI is InChI=1S/C28H39N7O2/c29-16-19-7-3-1-4-8-23(19)35-24-11-12-30-27(36)25(24)26(32-35)31-22-10-9-20-17-34(18-21(20)15-22)28(37)33-13-5-2-6-14-33/h9-10,15,19,23-26,31-32H,1-8,11-14,17-18H2,(H,30,36)/t19-,23+,24?,25?,26?/m0/s1. The van der Waals surface area contributed by atoms with Crippen molar-refractivity contribution in [1.29, 1.82) is 5.26 Å². The normalized spacial score (nSPS) is 32.2. The predicted octanol–water partition coefficient (Wildman–Crippen LogP) is 3.14. The van der Waals surface area contributed by atoms with E-state index < -0.39 is 0 Å². The van der Waals surface area contributed by atoms with Crippen molar-refractivity contribution in [1.82, 2.24) is 25.6 Å². The van der Waals surface area contributed by atoms with E-state index in [0.717, 1.165) is 63.7 Å². The van der Waals surface area contributed by atoms with Crippen molar-refractivity contribution in [3.8, 4) is 6.07 Å². The number of nitriles is 1. The lowest BCUT2D eigenvalue weighted by molar-refractivity contribution is -0.128. The number of hydrogen-bond acceptors (Lipinski definition) is 6. The maximum atomic E-state index is 13.0. The van der Waals surface area contributed by atoms with Crippen LogP contribution in [0.1, 0.15) is 68.9 Å². The highest BCUT2D eigenvalue weighted by Gasteiger charge is 2.50. The summed E-state index contributed by atoms with van der Waals surface area (Å²) < 4.78 is 0. The molecule has 1 aromatic carbocycles. The maximum absolute atomic E-state index is 13.0. The Morgan fingerprint density at radius 1 is 0.946 bits per heavy atom. The summed E-state index contributed by atoms with van der Waals surface area (Å²) in [5, 5.41) is 18.8. The highest BCUT2D eigenvalue weighted by molar-refractivity contribution is 5.82. The SMILES string of the molecule is N#C[C@@H]1CCCCC[C@H]1N1NC(Nc2ccc3c(c2)CN(C(=O)N2CCCCC2)C3)C2C(=O)NCCC21. The third kappa shape index (κ3) is 4.77. The van der Waals surface area contributed by atoms with Gasteiger partial charge in [-0.15, -0.1) is 0 Å². The summed E-state index contributed by atoms with van der Waals surface area (Å²) in [4.78, 5) is 30.0. The van der Waals surface area contributed by atoms with Gasteiger partial charge < -0.3 is 20.4 Å². The van der Waals surface area contributed by atoms with E-state index in [0.29, 0.717) is 19.6 Å². The van der Waals surface area contributed by atoms with E-state index in [1.165, 1.54) is 24.0 Å². The van der Waals surface area contributed by atoms with E-state index in [9.17, 15) is 14.9 Å². The van der Waals surface area contributed by atoms with Crippen LogP contribution in [0.5, 0.6) is 0 Å². The molecule has 3 N–H and O–H groups in total. The second kappa shape index (κ2) is 10.5. The smallest absolute Gasteiger partial charge is 0.320 e. The van der Waals surface area contributed by atoms with E-state index in [1.807, 2.05) is 9.80 Å². The number of carbonyl (C=O) groups excluding carboxylic acids is 2. The molecule has 1 aliphatic carbocycles. The molecule has 1 aromatic rings. The number of hydrazine groups is 1. The van der Waals surface area contributed by atoms with Gasteiger partial charge in [0.05, 0.1) is 17.9 Å². The third-order valence-electron chi connectivity index (χ3n) is 9.11. The molecule has 1 saturated carbocycles. The average molecular weight is 506 g/mol. The van der Waals surface area contributed by atoms with Crippen LogP contribution >= 0.6 is 0 Å². The first kappa shape index (κ1) is 24.5. The first-order valence-electron chi connectivity index (χ1n) is 14.3. The molecule has 6 rings (SSSR count). The zero-order chi connectivity index (χ0) is 25.4. The summed E-state index contributed by atoms with van der Waals surface area (Å²) >= 11 is 0. The number of piperidine rings is 2. The third-order valence-corrected chi connectivity index (χ3v) is 9.11. The molecule has 4 aliphatic heterocycles. The molecule has 4 heterocycles. The van der Waals surface area contributed by atoms with Crippen molar-refractivity contribution in [2.45, 2.75) is 89.1 Å². The summed E-state index contributed by atoms with van der Waals surface area (Å²) in [6, 6.07) is 9.25. The minimum atomic E-state index is -0.238. The number of likely N-dealkylation sites (tertiary alicyclic amines) is 1. The van der Waals surface area contributed by atoms with Crippen LogP contribution in [-0.2, 0) is 17.9 Å². The largest absolute Gasteiger partial charge is 0.368 e. The van der Waals surface area contributed by atoms with Crippen molar-refractivity contribution in [3.63, 3.8) is 0 Å². The van der Waals surface area contributed by atoms with Gasteiger partial charge in [-0.1, -0.05) is 25.3 Å². The average Bonchev–Trinajstić information content (AvgIpc) is 3.42. The van der Waals surface area contributed by atoms with Crippen LogP contribution in [0.3, 0.4) is 0 Å². The lowest BCUT2D eigenvalue weighted by Crippen LogP contribution is -2.53. The van der Waals surface area contributed by atoms with Crippen molar-refractivity contribution < 1.29 is 9.59 Å². The van der Waals surface area contributed by atoms with Crippen LogP contribution in [0.4, 0.5) is 10.5 Å². The fourth-order valence-corrected chi connectivity index (χ4v) is 7.16. The van der Waals surface area contributed by atoms with E-state index in [1.54, 1.807) is 0 Å². The first-order valence-corrected chi connectivity index (χ1v) is 14.3. The Balaban J connectivity index is 1.17. The molecule has 9 heteroatoms. The topological polar surface area (TPSA) is 104 Å². The highest BCUT2D eigenvalue weighted by atomic mass is 16.2. The second-order valence-corrected chi connectivity index (χ2v) is 11.4. The van der Waals surface area contributed by atoms with Crippen LogP contribution in [0, 0.1) is 23.2 Å². The van der Waals surface area contributed by atoms with Crippen LogP contribution < -0.4 is 16.1 Å². The van der Waals surface area contributed by atoms with E-state index in [4.69, 9.17) is 0 Å². The lowest BCUT2D eigenvalue weighted by Gasteiger charge is -2.36. The van der Waals surface area contributed by atoms with Gasteiger partial charge in [-0.2, -0.15) is 5.26 Å². The molecule has 4 fully saturated rings. The summed E-state index contributed by atoms with van der Waals surface area (Å²) in [6.07, 6.45) is 9.36. The zero-order valence-electron chi connectivity index (χ0n) is 21.6. The zero-order valence-corrected chi connectivity index (χ0v) is 21.6. The Morgan fingerprint density at radius 3 is 2.57 bits per heavy atom. The van der Waals surface area contributed by atoms with E-state index >= 15 is 0 Å². The molecule has 37 heavy (non-hydrogen) atoms. The molecule has 0 spiro atoms. The Bertz CT molecular complexity index is 1070. The minimum Gasteiger partial charge on any atom is -0.368 e. The molecule has 5 atom stereocenters. The molecule has 198 valence electrons. The van der Waals surface area contributed by atoms with Crippen molar-refractivity contribution in [2.75, 3.05) is 25.0 Å². The monoisotopic (exact) mass is 505 g/mol. The van der Waals surface area contributed by atoms with Crippen LogP contribution in [0.2, 0.25) is 0 Å². The molecule has 3 unspecified atom stereocenters. The van der Waals surface area contributed by atoms with Crippen LogP contribution in [0.15, 0.2) is 18.2 Å². The van der Waals surface area contributed by atoms with Gasteiger partial charge in [0, 0.05) is 50.5 Å². The minimum absolute atomic E-state index is 0.0113. The van der Waals surface area contributed by atoms with Crippen LogP contribution in [-0.4, -0.2) is 64.6 Å². The van der Waals surface area contributed by atoms with Crippen molar-refractivity contribution in [3.05, 3.63) is 29.3 Å². The van der Waals surface area contributed by atoms with Crippen LogP contribution in [0.25, 0.3) is 0 Å². The predicted molar refractivity (Wildman–Crippen MR) is 140 cm³/mol. The molecule has 5 aliphatic rings. The van der Waals surface area contributed by atoms with Gasteiger partial charge in [-0.05, 0) is 61.8 Å². The lowest BCUT2D eigenvalue weighted by atomic mass is 9.88. The fraction of sp³-hybridized carbons (Fsp3) is 0.679. The Hall–Kier alpha value is -2.83. The molecule has 0 radical (unpaired) electrons. The molecule has 0 aromatic heterocycles. The number of anilines is 1. The summed E-state index contributed by atoms with van der Waals surface area (Å²) in [7, 11) is 0. The van der Waals surface area contributed by atoms with Crippen molar-refractivity contribution >= 4 is 17.6 Å². The molecular weight excluding hydrogens is 466 g/mol. The summed E-state index contributed by atoms with van der Waals surface area (Å²) in [5.74, 6) is -0.157. The number of nitrogens with zero attached hydrogens (tertiary/aromatic N) is 4. The van der Waals surface area contributed by atoms with Gasteiger partial charge in [0.15, 0.2) is 0 Å². The molecule has 3 amide bonds. The molecule has 0 bridgehead atoms. The highest BCUT2D eigenvalue weighted by Crippen LogP contribution is 2.36. The number of amides is 3. The second-order valence-electron chi connectivity index (χ2n) is 11.4. The number of urea groups is 1. The molecular formula is C28H39N7O2. The molecule has 9 nitrogen and oxygen atoms in total. The van der Waals surface area contributed by atoms with E-state index in [-0.39, 0.29) is 42.0 Å². The number of benzene rings is 1. The van der Waals surface area contributed by atoms with Gasteiger partial charge in [-0.3, -0.25) is 4.79 Å².